The van der Waals surface area contributed by atoms with Gasteiger partial charge in [-0.05, 0) is 18.1 Å². The van der Waals surface area contributed by atoms with Crippen molar-refractivity contribution in [1.29, 1.82) is 0 Å². The molecule has 2 heterocycles. The fourth-order valence-corrected chi connectivity index (χ4v) is 4.30. The lowest BCUT2D eigenvalue weighted by molar-refractivity contribution is 0.415. The second-order valence-corrected chi connectivity index (χ2v) is 6.54. The maximum absolute atomic E-state index is 12.7. The predicted molar refractivity (Wildman–Crippen MR) is 97.7 cm³/mol. The van der Waals surface area contributed by atoms with E-state index in [-0.39, 0.29) is 0 Å². The van der Waals surface area contributed by atoms with Crippen molar-refractivity contribution in [3.8, 4) is 5.75 Å². The van der Waals surface area contributed by atoms with E-state index in [4.69, 9.17) is 4.74 Å². The number of hydrogen-bond acceptors (Lipinski definition) is 2. The summed E-state index contributed by atoms with van der Waals surface area (Å²) >= 11 is 1.74. The molecule has 1 aliphatic heterocycles. The molecule has 0 atom stereocenters. The van der Waals surface area contributed by atoms with Crippen LogP contribution in [0.4, 0.5) is 4.39 Å². The lowest BCUT2D eigenvalue weighted by atomic mass is 10.0. The first-order chi connectivity index (χ1) is 11.1. The monoisotopic (exact) mass is 329 g/mol. The first-order valence-corrected chi connectivity index (χ1v) is 8.49. The van der Waals surface area contributed by atoms with Crippen molar-refractivity contribution < 1.29 is 9.13 Å². The van der Waals surface area contributed by atoms with Crippen LogP contribution in [0.3, 0.4) is 0 Å². The van der Waals surface area contributed by atoms with E-state index in [1.807, 2.05) is 26.1 Å². The Hall–Kier alpha value is -1.94. The molecule has 120 valence electrons. The van der Waals surface area contributed by atoms with Gasteiger partial charge in [0.2, 0.25) is 0 Å². The molecule has 0 unspecified atom stereocenters. The normalized spacial score (nSPS) is 14.6. The van der Waals surface area contributed by atoms with Crippen molar-refractivity contribution in [2.75, 3.05) is 13.8 Å². The number of ether oxygens (including phenoxy) is 1. The molecule has 0 saturated carbocycles. The van der Waals surface area contributed by atoms with Crippen molar-refractivity contribution in [3.05, 3.63) is 58.7 Å². The van der Waals surface area contributed by atoms with Gasteiger partial charge in [0.05, 0.1) is 18.3 Å². The first kappa shape index (κ1) is 15.9. The number of aryl methyl sites for hydroxylation is 2. The Morgan fingerprint density at radius 3 is 2.87 bits per heavy atom. The van der Waals surface area contributed by atoms with Crippen LogP contribution >= 0.6 is 11.8 Å². The van der Waals surface area contributed by atoms with Crippen molar-refractivity contribution in [1.82, 2.24) is 4.57 Å². The van der Waals surface area contributed by atoms with Gasteiger partial charge in [-0.1, -0.05) is 36.9 Å². The molecule has 0 saturated heterocycles. The number of aromatic nitrogens is 1. The quantitative estimate of drug-likeness (QED) is 0.768. The van der Waals surface area contributed by atoms with E-state index in [9.17, 15) is 4.39 Å². The number of benzene rings is 1. The van der Waals surface area contributed by atoms with Gasteiger partial charge < -0.3 is 9.30 Å². The Kier molecular flexibility index (Phi) is 4.35. The van der Waals surface area contributed by atoms with Crippen LogP contribution in [0, 0.1) is 6.92 Å². The summed E-state index contributed by atoms with van der Waals surface area (Å²) in [5.41, 5.74) is 5.63. The molecular weight excluding hydrogens is 309 g/mol. The Labute approximate surface area is 140 Å². The molecule has 0 bridgehead atoms. The molecule has 1 aliphatic rings. The molecule has 0 N–H and O–H groups in total. The van der Waals surface area contributed by atoms with Crippen LogP contribution in [0.2, 0.25) is 0 Å². The molecule has 2 aromatic rings. The zero-order valence-electron chi connectivity index (χ0n) is 13.6. The fraction of sp³-hybridized carbons (Fsp3) is 0.263. The third-order valence-corrected chi connectivity index (χ3v) is 5.40. The number of thioether (sulfide) groups is 1. The summed E-state index contributed by atoms with van der Waals surface area (Å²) in [7, 11) is 3.75. The maximum atomic E-state index is 12.7. The minimum Gasteiger partial charge on any atom is -0.494 e. The van der Waals surface area contributed by atoms with E-state index in [0.717, 1.165) is 38.8 Å². The van der Waals surface area contributed by atoms with E-state index >= 15 is 0 Å². The maximum Gasteiger partial charge on any atom is 0.146 e. The van der Waals surface area contributed by atoms with Crippen molar-refractivity contribution in [2.24, 2.45) is 7.05 Å². The molecule has 2 nitrogen and oxygen atoms in total. The van der Waals surface area contributed by atoms with Gasteiger partial charge >= 0.3 is 0 Å². The van der Waals surface area contributed by atoms with Gasteiger partial charge in [-0.25, -0.2) is 4.39 Å². The third kappa shape index (κ3) is 2.41. The summed E-state index contributed by atoms with van der Waals surface area (Å²) in [5.74, 6) is 1.78. The minimum absolute atomic E-state index is 0.472. The van der Waals surface area contributed by atoms with Crippen LogP contribution in [0.5, 0.6) is 5.75 Å². The summed E-state index contributed by atoms with van der Waals surface area (Å²) in [4.78, 5) is 1.09. The fourth-order valence-electron chi connectivity index (χ4n) is 3.27. The molecule has 1 aromatic carbocycles. The summed E-state index contributed by atoms with van der Waals surface area (Å²) in [6.45, 7) is 5.48. The summed E-state index contributed by atoms with van der Waals surface area (Å²) in [6, 6.07) is 4.25. The molecule has 0 aliphatic carbocycles. The Balaban J connectivity index is 2.38. The number of allylic oxidation sites excluding steroid dienone is 4. The molecule has 23 heavy (non-hydrogen) atoms. The summed E-state index contributed by atoms with van der Waals surface area (Å²) in [6.07, 6.45) is 5.26. The highest BCUT2D eigenvalue weighted by Crippen LogP contribution is 2.45. The zero-order chi connectivity index (χ0) is 16.6. The Morgan fingerprint density at radius 1 is 1.43 bits per heavy atom. The Bertz CT molecular complexity index is 845. The van der Waals surface area contributed by atoms with Gasteiger partial charge in [-0.3, -0.25) is 0 Å². The minimum atomic E-state index is -0.472. The highest BCUT2D eigenvalue weighted by Gasteiger charge is 2.25. The van der Waals surface area contributed by atoms with Gasteiger partial charge in [0.1, 0.15) is 12.4 Å². The highest BCUT2D eigenvalue weighted by atomic mass is 32.2. The molecule has 0 amide bonds. The van der Waals surface area contributed by atoms with E-state index in [1.54, 1.807) is 24.9 Å². The van der Waals surface area contributed by atoms with Crippen LogP contribution < -0.4 is 4.74 Å². The first-order valence-electron chi connectivity index (χ1n) is 7.51. The van der Waals surface area contributed by atoms with Crippen LogP contribution in [-0.4, -0.2) is 18.4 Å². The van der Waals surface area contributed by atoms with Crippen molar-refractivity contribution >= 4 is 28.2 Å². The van der Waals surface area contributed by atoms with E-state index in [1.165, 1.54) is 10.9 Å². The second kappa shape index (κ2) is 6.28. The van der Waals surface area contributed by atoms with Gasteiger partial charge in [0.25, 0.3) is 0 Å². The molecule has 0 spiro atoms. The number of methoxy groups -OCH3 is 1. The average molecular weight is 329 g/mol. The number of alkyl halides is 1. The topological polar surface area (TPSA) is 14.2 Å². The SMILES string of the molecule is C=CC1=C(/C=C\CF)c2c(c3ccc(C)c(OC)c3n2C)CS1. The van der Waals surface area contributed by atoms with Gasteiger partial charge in [-0.2, -0.15) is 0 Å². The van der Waals surface area contributed by atoms with Crippen LogP contribution in [0.15, 0.2) is 41.8 Å². The van der Waals surface area contributed by atoms with E-state index in [0.29, 0.717) is 0 Å². The number of fused-ring (bicyclic) bond motifs is 3. The van der Waals surface area contributed by atoms with Crippen molar-refractivity contribution in [2.45, 2.75) is 12.7 Å². The van der Waals surface area contributed by atoms with Gasteiger partial charge in [-0.15, -0.1) is 11.8 Å². The zero-order valence-corrected chi connectivity index (χ0v) is 14.5. The molecule has 3 rings (SSSR count). The standard InChI is InChI=1S/C19H20FNOS/c1-5-16-14(7-6-10-20)17-15(11-23-16)13-9-8-12(2)19(22-4)18(13)21(17)3/h5-9H,1,10-11H2,2-4H3/b7-6-. The number of nitrogens with zero attached hydrogens (tertiary/aromatic N) is 1. The molecule has 0 radical (unpaired) electrons. The van der Waals surface area contributed by atoms with E-state index < -0.39 is 6.67 Å². The van der Waals surface area contributed by atoms with E-state index in [2.05, 4.69) is 23.3 Å². The number of hydrogen-bond donors (Lipinski definition) is 0. The van der Waals surface area contributed by atoms with Crippen LogP contribution in [0.1, 0.15) is 16.8 Å². The summed E-state index contributed by atoms with van der Waals surface area (Å²) in [5, 5.41) is 1.20. The summed E-state index contributed by atoms with van der Waals surface area (Å²) < 4.78 is 20.5. The van der Waals surface area contributed by atoms with Crippen LogP contribution in [0.25, 0.3) is 16.5 Å². The number of halogens is 1. The highest BCUT2D eigenvalue weighted by molar-refractivity contribution is 8.02. The lowest BCUT2D eigenvalue weighted by Crippen LogP contribution is -2.03. The Morgan fingerprint density at radius 2 is 2.22 bits per heavy atom. The van der Waals surface area contributed by atoms with Gasteiger partial charge in [0, 0.05) is 28.7 Å². The lowest BCUT2D eigenvalue weighted by Gasteiger charge is -2.18. The average Bonchev–Trinajstić information content (AvgIpc) is 2.85. The van der Waals surface area contributed by atoms with Crippen LogP contribution in [-0.2, 0) is 12.8 Å². The largest absolute Gasteiger partial charge is 0.494 e. The second-order valence-electron chi connectivity index (χ2n) is 5.53. The van der Waals surface area contributed by atoms with Gasteiger partial charge in [0.15, 0.2) is 0 Å². The number of rotatable bonds is 4. The predicted octanol–water partition coefficient (Wildman–Crippen LogP) is 5.16. The smallest absolute Gasteiger partial charge is 0.146 e. The molecule has 4 heteroatoms. The molecular formula is C19H20FNOS. The third-order valence-electron chi connectivity index (χ3n) is 4.27. The molecule has 0 fully saturated rings. The van der Waals surface area contributed by atoms with Crippen molar-refractivity contribution in [3.63, 3.8) is 0 Å². The molecule has 1 aromatic heterocycles.